The van der Waals surface area contributed by atoms with Gasteiger partial charge in [0.05, 0.1) is 11.9 Å². The Hall–Kier alpha value is -1.56. The van der Waals surface area contributed by atoms with Gasteiger partial charge in [0.15, 0.2) is 0 Å². The van der Waals surface area contributed by atoms with E-state index < -0.39 is 0 Å². The molecule has 3 heteroatoms. The van der Waals surface area contributed by atoms with Crippen LogP contribution in [0.25, 0.3) is 0 Å². The van der Waals surface area contributed by atoms with E-state index in [1.165, 1.54) is 12.8 Å². The third-order valence-electron chi connectivity index (χ3n) is 3.33. The quantitative estimate of drug-likeness (QED) is 0.723. The normalized spacial score (nSPS) is 25.2. The van der Waals surface area contributed by atoms with Crippen LogP contribution in [0.15, 0.2) is 18.3 Å². The maximum Gasteiger partial charge on any atom is 0.140 e. The Morgan fingerprint density at radius 2 is 2.25 bits per heavy atom. The number of hydrogen-bond donors (Lipinski definition) is 0. The second kappa shape index (κ2) is 4.52. The molecule has 1 fully saturated rings. The summed E-state index contributed by atoms with van der Waals surface area (Å²) in [6.45, 7) is 5.66. The highest BCUT2D eigenvalue weighted by atomic mass is 15.2. The van der Waals surface area contributed by atoms with Crippen molar-refractivity contribution >= 4 is 5.69 Å². The highest BCUT2D eigenvalue weighted by Crippen LogP contribution is 2.27. The molecule has 0 spiro atoms. The Labute approximate surface area is 96.7 Å². The molecule has 2 unspecified atom stereocenters. The summed E-state index contributed by atoms with van der Waals surface area (Å²) < 4.78 is 0. The Bertz CT molecular complexity index is 391. The lowest BCUT2D eigenvalue weighted by Gasteiger charge is -2.38. The highest BCUT2D eigenvalue weighted by molar-refractivity contribution is 5.47. The third-order valence-corrected chi connectivity index (χ3v) is 3.33. The van der Waals surface area contributed by atoms with Gasteiger partial charge in [-0.3, -0.25) is 0 Å². The summed E-state index contributed by atoms with van der Waals surface area (Å²) in [5.74, 6) is 0.817. The van der Waals surface area contributed by atoms with Crippen LogP contribution in [0.4, 0.5) is 5.69 Å². The lowest BCUT2D eigenvalue weighted by molar-refractivity contribution is 0.378. The molecule has 0 aliphatic carbocycles. The summed E-state index contributed by atoms with van der Waals surface area (Å²) in [5, 5.41) is 8.70. The first kappa shape index (κ1) is 10.9. The number of hydrogen-bond acceptors (Lipinski definition) is 3. The third kappa shape index (κ3) is 2.16. The average Bonchev–Trinajstić information content (AvgIpc) is 2.29. The van der Waals surface area contributed by atoms with Crippen molar-refractivity contribution in [2.75, 3.05) is 11.4 Å². The van der Waals surface area contributed by atoms with Crippen molar-refractivity contribution in [1.29, 1.82) is 5.26 Å². The van der Waals surface area contributed by atoms with Gasteiger partial charge >= 0.3 is 0 Å². The van der Waals surface area contributed by atoms with Crippen molar-refractivity contribution in [3.63, 3.8) is 0 Å². The Morgan fingerprint density at radius 3 is 2.81 bits per heavy atom. The predicted molar refractivity (Wildman–Crippen MR) is 64.2 cm³/mol. The summed E-state index contributed by atoms with van der Waals surface area (Å²) in [4.78, 5) is 6.51. The first-order valence-electron chi connectivity index (χ1n) is 5.83. The standard InChI is InChI=1S/C13H17N3/c1-10-5-6-16(11(2)7-10)13-4-3-12(8-14)15-9-13/h3-4,9-11H,5-7H2,1-2H3. The van der Waals surface area contributed by atoms with Crippen molar-refractivity contribution in [1.82, 2.24) is 4.98 Å². The summed E-state index contributed by atoms with van der Waals surface area (Å²) in [6, 6.07) is 6.40. The molecule has 3 nitrogen and oxygen atoms in total. The minimum absolute atomic E-state index is 0.488. The van der Waals surface area contributed by atoms with Gasteiger partial charge in [-0.2, -0.15) is 5.26 Å². The van der Waals surface area contributed by atoms with Crippen LogP contribution in [0, 0.1) is 17.2 Å². The molecule has 0 bridgehead atoms. The molecule has 1 aliphatic rings. The van der Waals surface area contributed by atoms with E-state index in [9.17, 15) is 0 Å². The van der Waals surface area contributed by atoms with E-state index in [1.807, 2.05) is 18.3 Å². The number of aromatic nitrogens is 1. The number of anilines is 1. The van der Waals surface area contributed by atoms with Crippen molar-refractivity contribution in [3.05, 3.63) is 24.0 Å². The minimum Gasteiger partial charge on any atom is -0.368 e. The van der Waals surface area contributed by atoms with Gasteiger partial charge in [0.25, 0.3) is 0 Å². The van der Waals surface area contributed by atoms with Crippen LogP contribution in [-0.2, 0) is 0 Å². The SMILES string of the molecule is CC1CCN(c2ccc(C#N)nc2)C(C)C1. The first-order chi connectivity index (χ1) is 7.70. The van der Waals surface area contributed by atoms with E-state index in [0.717, 1.165) is 18.2 Å². The fourth-order valence-corrected chi connectivity index (χ4v) is 2.41. The largest absolute Gasteiger partial charge is 0.368 e. The van der Waals surface area contributed by atoms with E-state index in [2.05, 4.69) is 23.7 Å². The van der Waals surface area contributed by atoms with Gasteiger partial charge in [0.1, 0.15) is 11.8 Å². The summed E-state index contributed by atoms with van der Waals surface area (Å²) in [5.41, 5.74) is 1.63. The van der Waals surface area contributed by atoms with Crippen LogP contribution < -0.4 is 4.90 Å². The van der Waals surface area contributed by atoms with Crippen molar-refractivity contribution in [2.24, 2.45) is 5.92 Å². The van der Waals surface area contributed by atoms with Crippen LogP contribution in [0.2, 0.25) is 0 Å². The Morgan fingerprint density at radius 1 is 1.44 bits per heavy atom. The van der Waals surface area contributed by atoms with Crippen molar-refractivity contribution in [3.8, 4) is 6.07 Å². The number of nitrogens with zero attached hydrogens (tertiary/aromatic N) is 3. The van der Waals surface area contributed by atoms with Gasteiger partial charge < -0.3 is 4.90 Å². The average molecular weight is 215 g/mol. The lowest BCUT2D eigenvalue weighted by Crippen LogP contribution is -2.40. The molecule has 2 atom stereocenters. The fourth-order valence-electron chi connectivity index (χ4n) is 2.41. The molecule has 2 heterocycles. The molecule has 0 N–H and O–H groups in total. The van der Waals surface area contributed by atoms with Gasteiger partial charge in [-0.25, -0.2) is 4.98 Å². The lowest BCUT2D eigenvalue weighted by atomic mass is 9.93. The molecular formula is C13H17N3. The summed E-state index contributed by atoms with van der Waals surface area (Å²) >= 11 is 0. The van der Waals surface area contributed by atoms with Crippen LogP contribution in [0.5, 0.6) is 0 Å². The zero-order valence-electron chi connectivity index (χ0n) is 9.85. The van der Waals surface area contributed by atoms with E-state index in [-0.39, 0.29) is 0 Å². The van der Waals surface area contributed by atoms with Gasteiger partial charge in [0.2, 0.25) is 0 Å². The van der Waals surface area contributed by atoms with E-state index >= 15 is 0 Å². The van der Waals surface area contributed by atoms with Crippen LogP contribution in [0.1, 0.15) is 32.4 Å². The highest BCUT2D eigenvalue weighted by Gasteiger charge is 2.22. The van der Waals surface area contributed by atoms with E-state index in [0.29, 0.717) is 11.7 Å². The number of rotatable bonds is 1. The van der Waals surface area contributed by atoms with Gasteiger partial charge in [-0.15, -0.1) is 0 Å². The fraction of sp³-hybridized carbons (Fsp3) is 0.538. The second-order valence-electron chi connectivity index (χ2n) is 4.69. The molecule has 2 rings (SSSR count). The van der Waals surface area contributed by atoms with Gasteiger partial charge in [0, 0.05) is 12.6 Å². The number of piperidine rings is 1. The molecule has 1 saturated heterocycles. The van der Waals surface area contributed by atoms with Crippen LogP contribution in [0.3, 0.4) is 0 Å². The van der Waals surface area contributed by atoms with Gasteiger partial charge in [-0.05, 0) is 37.8 Å². The zero-order valence-corrected chi connectivity index (χ0v) is 9.85. The molecule has 84 valence electrons. The molecule has 1 aromatic rings. The van der Waals surface area contributed by atoms with Crippen molar-refractivity contribution in [2.45, 2.75) is 32.7 Å². The van der Waals surface area contributed by atoms with Crippen LogP contribution >= 0.6 is 0 Å². The Kier molecular flexibility index (Phi) is 3.09. The van der Waals surface area contributed by atoms with E-state index in [4.69, 9.17) is 5.26 Å². The van der Waals surface area contributed by atoms with Crippen molar-refractivity contribution < 1.29 is 0 Å². The topological polar surface area (TPSA) is 39.9 Å². The molecule has 1 aliphatic heterocycles. The second-order valence-corrected chi connectivity index (χ2v) is 4.69. The van der Waals surface area contributed by atoms with E-state index in [1.54, 1.807) is 6.07 Å². The minimum atomic E-state index is 0.488. The molecule has 16 heavy (non-hydrogen) atoms. The predicted octanol–water partition coefficient (Wildman–Crippen LogP) is 2.58. The smallest absolute Gasteiger partial charge is 0.140 e. The first-order valence-corrected chi connectivity index (χ1v) is 5.83. The molecule has 1 aromatic heterocycles. The Balaban J connectivity index is 2.14. The summed E-state index contributed by atoms with van der Waals surface area (Å²) in [6.07, 6.45) is 4.29. The summed E-state index contributed by atoms with van der Waals surface area (Å²) in [7, 11) is 0. The van der Waals surface area contributed by atoms with Crippen LogP contribution in [-0.4, -0.2) is 17.6 Å². The number of nitriles is 1. The maximum atomic E-state index is 8.70. The zero-order chi connectivity index (χ0) is 11.5. The molecule has 0 amide bonds. The molecule has 0 radical (unpaired) electrons. The molecular weight excluding hydrogens is 198 g/mol. The molecule has 0 aromatic carbocycles. The molecule has 0 saturated carbocycles. The monoisotopic (exact) mass is 215 g/mol. The number of pyridine rings is 1. The van der Waals surface area contributed by atoms with Gasteiger partial charge in [-0.1, -0.05) is 6.92 Å². The maximum absolute atomic E-state index is 8.70.